The Morgan fingerprint density at radius 3 is 2.43 bits per heavy atom. The molecule has 0 aliphatic heterocycles. The molecule has 1 fully saturated rings. The highest BCUT2D eigenvalue weighted by Gasteiger charge is 2.29. The summed E-state index contributed by atoms with van der Waals surface area (Å²) in [6.07, 6.45) is 0.710. The summed E-state index contributed by atoms with van der Waals surface area (Å²) in [5.74, 6) is -3.24. The Bertz CT molecular complexity index is 847. The number of hydrogen-bond acceptors (Lipinski definition) is 4. The molecule has 7 heteroatoms. The van der Waals surface area contributed by atoms with Crippen molar-refractivity contribution in [1.29, 1.82) is 0 Å². The number of carboxylic acid groups (broad SMARTS) is 1. The molecule has 0 bridgehead atoms. The minimum absolute atomic E-state index is 0.0622. The largest absolute Gasteiger partial charge is 0.497 e. The highest BCUT2D eigenvalue weighted by atomic mass is 19.1. The summed E-state index contributed by atoms with van der Waals surface area (Å²) in [6, 6.07) is 7.81. The normalized spacial score (nSPS) is 14.4. The van der Waals surface area contributed by atoms with Crippen LogP contribution in [0.5, 0.6) is 17.2 Å². The lowest BCUT2D eigenvalue weighted by atomic mass is 10.0. The van der Waals surface area contributed by atoms with E-state index in [9.17, 15) is 9.18 Å². The molecule has 2 aromatic rings. The molecule has 1 saturated carbocycles. The number of methoxy groups -OCH3 is 1. The van der Waals surface area contributed by atoms with Gasteiger partial charge in [0.25, 0.3) is 0 Å². The Balaban J connectivity index is 2.03. The highest BCUT2D eigenvalue weighted by molar-refractivity contribution is 5.74. The zero-order chi connectivity index (χ0) is 20.3. The molecule has 1 aliphatic rings. The predicted octanol–water partition coefficient (Wildman–Crippen LogP) is 4.67. The summed E-state index contributed by atoms with van der Waals surface area (Å²) < 4.78 is 45.7. The molecule has 28 heavy (non-hydrogen) atoms. The maximum atomic E-state index is 15.1. The Labute approximate surface area is 161 Å². The molecule has 1 unspecified atom stereocenters. The third kappa shape index (κ3) is 4.35. The van der Waals surface area contributed by atoms with Gasteiger partial charge < -0.3 is 19.3 Å². The van der Waals surface area contributed by atoms with E-state index in [-0.39, 0.29) is 17.7 Å². The van der Waals surface area contributed by atoms with E-state index in [1.807, 2.05) is 0 Å². The van der Waals surface area contributed by atoms with E-state index in [0.717, 1.165) is 18.9 Å². The molecule has 0 amide bonds. The monoisotopic (exact) mass is 392 g/mol. The lowest BCUT2D eigenvalue weighted by Crippen LogP contribution is -2.27. The number of benzene rings is 2. The standard InChI is InChI=1S/C21H22F2O5/c1-3-17(21(24)25)28-20-16(22)10-15(13-6-8-14(26-2)9-7-13)19(18(20)23)27-11-12-4-5-12/h6-10,12,17H,3-5,11H2,1-2H3,(H,24,25). The summed E-state index contributed by atoms with van der Waals surface area (Å²) in [6.45, 7) is 1.87. The first-order chi connectivity index (χ1) is 13.4. The molecular weight excluding hydrogens is 370 g/mol. The van der Waals surface area contributed by atoms with Crippen LogP contribution in [-0.4, -0.2) is 30.9 Å². The van der Waals surface area contributed by atoms with Crippen molar-refractivity contribution in [2.24, 2.45) is 5.92 Å². The van der Waals surface area contributed by atoms with Crippen molar-refractivity contribution in [2.45, 2.75) is 32.3 Å². The second-order valence-corrected chi connectivity index (χ2v) is 6.71. The fourth-order valence-electron chi connectivity index (χ4n) is 2.75. The Kier molecular flexibility index (Phi) is 6.02. The van der Waals surface area contributed by atoms with Gasteiger partial charge in [0.15, 0.2) is 23.4 Å². The zero-order valence-corrected chi connectivity index (χ0v) is 15.7. The third-order valence-electron chi connectivity index (χ3n) is 4.60. The second-order valence-electron chi connectivity index (χ2n) is 6.71. The van der Waals surface area contributed by atoms with Crippen LogP contribution in [0.25, 0.3) is 11.1 Å². The zero-order valence-electron chi connectivity index (χ0n) is 15.7. The van der Waals surface area contributed by atoms with E-state index < -0.39 is 29.5 Å². The van der Waals surface area contributed by atoms with Gasteiger partial charge in [-0.2, -0.15) is 4.39 Å². The summed E-state index contributed by atoms with van der Waals surface area (Å²) in [4.78, 5) is 11.2. The number of rotatable bonds is 9. The van der Waals surface area contributed by atoms with Crippen LogP contribution in [0.4, 0.5) is 8.78 Å². The number of carboxylic acids is 1. The maximum Gasteiger partial charge on any atom is 0.344 e. The van der Waals surface area contributed by atoms with Crippen molar-refractivity contribution in [2.75, 3.05) is 13.7 Å². The summed E-state index contributed by atoms with van der Waals surface area (Å²) in [7, 11) is 1.53. The molecule has 0 spiro atoms. The van der Waals surface area contributed by atoms with Gasteiger partial charge in [-0.05, 0) is 48.9 Å². The molecule has 0 saturated heterocycles. The van der Waals surface area contributed by atoms with E-state index in [2.05, 4.69) is 0 Å². The van der Waals surface area contributed by atoms with Gasteiger partial charge in [0.05, 0.1) is 13.7 Å². The van der Waals surface area contributed by atoms with Gasteiger partial charge in [-0.25, -0.2) is 9.18 Å². The molecule has 5 nitrogen and oxygen atoms in total. The summed E-state index contributed by atoms with van der Waals surface area (Å²) in [5, 5.41) is 9.14. The van der Waals surface area contributed by atoms with Crippen LogP contribution in [0.2, 0.25) is 0 Å². The van der Waals surface area contributed by atoms with Crippen LogP contribution < -0.4 is 14.2 Å². The lowest BCUT2D eigenvalue weighted by molar-refractivity contribution is -0.145. The van der Waals surface area contributed by atoms with Crippen molar-refractivity contribution >= 4 is 5.97 Å². The smallest absolute Gasteiger partial charge is 0.344 e. The molecule has 0 aromatic heterocycles. The van der Waals surface area contributed by atoms with Gasteiger partial charge in [-0.3, -0.25) is 0 Å². The molecular formula is C21H22F2O5. The van der Waals surface area contributed by atoms with E-state index in [1.165, 1.54) is 7.11 Å². The molecule has 150 valence electrons. The Hall–Kier alpha value is -2.83. The molecule has 1 aliphatic carbocycles. The fraction of sp³-hybridized carbons (Fsp3) is 0.381. The SMILES string of the molecule is CCC(Oc1c(F)cc(-c2ccc(OC)cc2)c(OCC2CC2)c1F)C(=O)O. The molecule has 0 heterocycles. The summed E-state index contributed by atoms with van der Waals surface area (Å²) >= 11 is 0. The topological polar surface area (TPSA) is 65.0 Å². The van der Waals surface area contributed by atoms with Crippen LogP contribution in [-0.2, 0) is 4.79 Å². The lowest BCUT2D eigenvalue weighted by Gasteiger charge is -2.19. The highest BCUT2D eigenvalue weighted by Crippen LogP contribution is 2.41. The molecule has 2 aromatic carbocycles. The summed E-state index contributed by atoms with van der Waals surface area (Å²) in [5.41, 5.74) is 0.773. The van der Waals surface area contributed by atoms with E-state index in [4.69, 9.17) is 19.3 Å². The van der Waals surface area contributed by atoms with Crippen molar-refractivity contribution in [3.05, 3.63) is 42.0 Å². The van der Waals surface area contributed by atoms with Gasteiger partial charge in [0.2, 0.25) is 5.82 Å². The second kappa shape index (κ2) is 8.46. The molecule has 1 atom stereocenters. The van der Waals surface area contributed by atoms with Gasteiger partial charge in [-0.15, -0.1) is 0 Å². The maximum absolute atomic E-state index is 15.1. The molecule has 0 radical (unpaired) electrons. The number of halogens is 2. The van der Waals surface area contributed by atoms with Crippen LogP contribution in [0.1, 0.15) is 26.2 Å². The van der Waals surface area contributed by atoms with Crippen LogP contribution in [0.3, 0.4) is 0 Å². The van der Waals surface area contributed by atoms with E-state index in [1.54, 1.807) is 31.2 Å². The van der Waals surface area contributed by atoms with Crippen molar-refractivity contribution in [3.63, 3.8) is 0 Å². The Morgan fingerprint density at radius 1 is 1.21 bits per heavy atom. The van der Waals surface area contributed by atoms with E-state index >= 15 is 4.39 Å². The van der Waals surface area contributed by atoms with Crippen molar-refractivity contribution < 1.29 is 32.9 Å². The first-order valence-corrected chi connectivity index (χ1v) is 9.13. The van der Waals surface area contributed by atoms with E-state index in [0.29, 0.717) is 23.8 Å². The number of aliphatic carboxylic acids is 1. The molecule has 1 N–H and O–H groups in total. The molecule has 3 rings (SSSR count). The number of carbonyl (C=O) groups is 1. The average molecular weight is 392 g/mol. The quantitative estimate of drug-likeness (QED) is 0.672. The van der Waals surface area contributed by atoms with Crippen LogP contribution in [0, 0.1) is 17.6 Å². The third-order valence-corrected chi connectivity index (χ3v) is 4.60. The van der Waals surface area contributed by atoms with Crippen molar-refractivity contribution in [3.8, 4) is 28.4 Å². The first-order valence-electron chi connectivity index (χ1n) is 9.13. The van der Waals surface area contributed by atoms with Crippen LogP contribution in [0.15, 0.2) is 30.3 Å². The van der Waals surface area contributed by atoms with Gasteiger partial charge in [-0.1, -0.05) is 19.1 Å². The van der Waals surface area contributed by atoms with Crippen molar-refractivity contribution in [1.82, 2.24) is 0 Å². The van der Waals surface area contributed by atoms with Crippen LogP contribution >= 0.6 is 0 Å². The minimum Gasteiger partial charge on any atom is -0.497 e. The number of ether oxygens (including phenoxy) is 3. The fourth-order valence-corrected chi connectivity index (χ4v) is 2.75. The van der Waals surface area contributed by atoms with Gasteiger partial charge in [0, 0.05) is 5.56 Å². The Morgan fingerprint density at radius 2 is 1.89 bits per heavy atom. The van der Waals surface area contributed by atoms with Gasteiger partial charge >= 0.3 is 5.97 Å². The number of hydrogen-bond donors (Lipinski definition) is 1. The average Bonchev–Trinajstić information content (AvgIpc) is 3.51. The first kappa shape index (κ1) is 19.9. The minimum atomic E-state index is -1.35. The predicted molar refractivity (Wildman–Crippen MR) is 98.9 cm³/mol. The van der Waals surface area contributed by atoms with Gasteiger partial charge in [0.1, 0.15) is 5.75 Å².